The minimum atomic E-state index is 0. The molecule has 0 aliphatic rings. The van der Waals surface area contributed by atoms with Gasteiger partial charge in [-0.1, -0.05) is 18.5 Å². The first-order valence-electron chi connectivity index (χ1n) is 5.37. The molecule has 0 aliphatic heterocycles. The molecule has 0 rings (SSSR count). The number of nitrogens with zero attached hydrogens (tertiary/aromatic N) is 1. The van der Waals surface area contributed by atoms with Crippen molar-refractivity contribution in [3.63, 3.8) is 0 Å². The molecule has 0 saturated heterocycles. The van der Waals surface area contributed by atoms with Crippen LogP contribution in [-0.4, -0.2) is 30.7 Å². The zero-order valence-electron chi connectivity index (χ0n) is 10.1. The Bertz CT molecular complexity index is 197. The number of quaternary nitrogens is 1. The van der Waals surface area contributed by atoms with Crippen LogP contribution < -0.4 is 17.0 Å². The van der Waals surface area contributed by atoms with E-state index >= 15 is 0 Å². The van der Waals surface area contributed by atoms with E-state index in [1.54, 1.807) is 0 Å². The van der Waals surface area contributed by atoms with Crippen molar-refractivity contribution in [1.82, 2.24) is 0 Å². The van der Waals surface area contributed by atoms with Gasteiger partial charge in [0.15, 0.2) is 0 Å². The maximum atomic E-state index is 5.97. The first-order valence-corrected chi connectivity index (χ1v) is 6.54. The van der Waals surface area contributed by atoms with Crippen molar-refractivity contribution in [3.05, 3.63) is 9.51 Å². The third kappa shape index (κ3) is 6.30. The fourth-order valence-corrected chi connectivity index (χ4v) is 2.31. The van der Waals surface area contributed by atoms with Gasteiger partial charge in [0.05, 0.1) is 24.1 Å². The Morgan fingerprint density at radius 1 is 1.20 bits per heavy atom. The van der Waals surface area contributed by atoms with Gasteiger partial charge in [-0.2, -0.15) is 0 Å². The minimum absolute atomic E-state index is 0. The maximum absolute atomic E-state index is 5.97. The molecule has 15 heavy (non-hydrogen) atoms. The van der Waals surface area contributed by atoms with E-state index in [1.165, 1.54) is 26.1 Å². The molecule has 0 radical (unpaired) electrons. The highest BCUT2D eigenvalue weighted by Gasteiger charge is 2.23. The summed E-state index contributed by atoms with van der Waals surface area (Å²) in [5.41, 5.74) is 0. The van der Waals surface area contributed by atoms with Crippen molar-refractivity contribution in [2.24, 2.45) is 0 Å². The standard InChI is InChI=1S/C11H22BrClN.BrH/c1-5-8-14(6-2,7-3)9-11(12)10(4)13;/h5-9H2,1-4H3;1H/q+1;/p-1/b11-10+;. The Morgan fingerprint density at radius 2 is 1.67 bits per heavy atom. The van der Waals surface area contributed by atoms with Gasteiger partial charge in [0.2, 0.25) is 0 Å². The molecular weight excluding hydrogens is 341 g/mol. The lowest BCUT2D eigenvalue weighted by atomic mass is 10.3. The summed E-state index contributed by atoms with van der Waals surface area (Å²) in [4.78, 5) is 0. The van der Waals surface area contributed by atoms with E-state index in [0.29, 0.717) is 0 Å². The first kappa shape index (κ1) is 18.3. The van der Waals surface area contributed by atoms with Gasteiger partial charge in [-0.15, -0.1) is 0 Å². The molecule has 0 bridgehead atoms. The number of hydrogen-bond donors (Lipinski definition) is 0. The molecule has 4 heteroatoms. The second kappa shape index (κ2) is 9.03. The summed E-state index contributed by atoms with van der Waals surface area (Å²) in [7, 11) is 0. The van der Waals surface area contributed by atoms with E-state index in [9.17, 15) is 0 Å². The number of allylic oxidation sites excluding steroid dienone is 1. The van der Waals surface area contributed by atoms with Crippen molar-refractivity contribution in [2.75, 3.05) is 26.2 Å². The van der Waals surface area contributed by atoms with Crippen LogP contribution in [0.4, 0.5) is 0 Å². The van der Waals surface area contributed by atoms with E-state index in [2.05, 4.69) is 36.7 Å². The second-order valence-electron chi connectivity index (χ2n) is 3.79. The van der Waals surface area contributed by atoms with Gasteiger partial charge in [0.25, 0.3) is 0 Å². The Labute approximate surface area is 118 Å². The smallest absolute Gasteiger partial charge is 0.112 e. The monoisotopic (exact) mass is 361 g/mol. The molecule has 0 aromatic carbocycles. The summed E-state index contributed by atoms with van der Waals surface area (Å²) >= 11 is 9.53. The molecule has 0 unspecified atom stereocenters. The molecule has 0 fully saturated rings. The molecule has 0 aliphatic carbocycles. The molecule has 0 N–H and O–H groups in total. The van der Waals surface area contributed by atoms with Crippen molar-refractivity contribution in [3.8, 4) is 0 Å². The molecule has 0 spiro atoms. The molecule has 0 heterocycles. The Balaban J connectivity index is 0. The van der Waals surface area contributed by atoms with Gasteiger partial charge >= 0.3 is 0 Å². The highest BCUT2D eigenvalue weighted by Crippen LogP contribution is 2.21. The Hall–Kier alpha value is 0.950. The molecule has 1 nitrogen and oxygen atoms in total. The maximum Gasteiger partial charge on any atom is 0.112 e. The molecule has 0 saturated carbocycles. The van der Waals surface area contributed by atoms with Crippen LogP contribution in [0.5, 0.6) is 0 Å². The summed E-state index contributed by atoms with van der Waals surface area (Å²) in [6, 6.07) is 0. The van der Waals surface area contributed by atoms with Crippen molar-refractivity contribution in [2.45, 2.75) is 34.1 Å². The average Bonchev–Trinajstić information content (AvgIpc) is 2.16. The molecule has 0 atom stereocenters. The lowest BCUT2D eigenvalue weighted by Crippen LogP contribution is -3.00. The van der Waals surface area contributed by atoms with Crippen LogP contribution in [0, 0.1) is 0 Å². The Kier molecular flexibility index (Phi) is 11.0. The largest absolute Gasteiger partial charge is 1.00 e. The van der Waals surface area contributed by atoms with Gasteiger partial charge < -0.3 is 21.5 Å². The van der Waals surface area contributed by atoms with E-state index < -0.39 is 0 Å². The van der Waals surface area contributed by atoms with E-state index in [0.717, 1.165) is 20.5 Å². The highest BCUT2D eigenvalue weighted by molar-refractivity contribution is 9.11. The van der Waals surface area contributed by atoms with Crippen molar-refractivity contribution in [1.29, 1.82) is 0 Å². The predicted octanol–water partition coefficient (Wildman–Crippen LogP) is 1.12. The lowest BCUT2D eigenvalue weighted by Gasteiger charge is -2.36. The number of rotatable bonds is 6. The molecular formula is C11H22Br2ClN. The van der Waals surface area contributed by atoms with Crippen LogP contribution in [0.1, 0.15) is 34.1 Å². The summed E-state index contributed by atoms with van der Waals surface area (Å²) in [5.74, 6) is 0. The number of hydrogen-bond acceptors (Lipinski definition) is 0. The predicted molar refractivity (Wildman–Crippen MR) is 68.8 cm³/mol. The molecule has 0 amide bonds. The summed E-state index contributed by atoms with van der Waals surface area (Å²) in [6.07, 6.45) is 1.23. The molecule has 92 valence electrons. The molecule has 0 aromatic heterocycles. The SMILES string of the molecule is CCC[N+](CC)(CC)C/C(Br)=C(/C)Cl.[Br-]. The number of halogens is 3. The van der Waals surface area contributed by atoms with Crippen LogP contribution in [0.2, 0.25) is 0 Å². The fourth-order valence-electron chi connectivity index (χ4n) is 1.72. The van der Waals surface area contributed by atoms with E-state index in [-0.39, 0.29) is 17.0 Å². The van der Waals surface area contributed by atoms with Gasteiger partial charge in [0.1, 0.15) is 6.54 Å². The van der Waals surface area contributed by atoms with Crippen LogP contribution >= 0.6 is 27.5 Å². The average molecular weight is 364 g/mol. The first-order chi connectivity index (χ1) is 6.51. The van der Waals surface area contributed by atoms with Crippen LogP contribution in [0.3, 0.4) is 0 Å². The second-order valence-corrected chi connectivity index (χ2v) is 5.32. The summed E-state index contributed by atoms with van der Waals surface area (Å²) < 4.78 is 2.28. The third-order valence-electron chi connectivity index (χ3n) is 2.89. The summed E-state index contributed by atoms with van der Waals surface area (Å²) in [6.45, 7) is 13.3. The van der Waals surface area contributed by atoms with Gasteiger partial charge in [-0.3, -0.25) is 0 Å². The van der Waals surface area contributed by atoms with E-state index in [1.807, 2.05) is 6.92 Å². The van der Waals surface area contributed by atoms with Crippen LogP contribution in [0.15, 0.2) is 9.51 Å². The van der Waals surface area contributed by atoms with Crippen LogP contribution in [-0.2, 0) is 0 Å². The molecule has 0 aromatic rings. The Morgan fingerprint density at radius 3 is 1.93 bits per heavy atom. The highest BCUT2D eigenvalue weighted by atomic mass is 79.9. The van der Waals surface area contributed by atoms with Gasteiger partial charge in [0, 0.05) is 5.03 Å². The topological polar surface area (TPSA) is 0 Å². The zero-order valence-corrected chi connectivity index (χ0v) is 14.0. The quantitative estimate of drug-likeness (QED) is 0.621. The minimum Gasteiger partial charge on any atom is -1.00 e. The zero-order chi connectivity index (χ0) is 11.2. The van der Waals surface area contributed by atoms with Crippen molar-refractivity contribution < 1.29 is 21.5 Å². The number of likely N-dealkylation sites (N-methyl/N-ethyl adjacent to an activating group) is 1. The normalized spacial score (nSPS) is 13.2. The van der Waals surface area contributed by atoms with Crippen LogP contribution in [0.25, 0.3) is 0 Å². The third-order valence-corrected chi connectivity index (χ3v) is 4.19. The summed E-state index contributed by atoms with van der Waals surface area (Å²) in [5, 5.41) is 0.880. The van der Waals surface area contributed by atoms with E-state index in [4.69, 9.17) is 11.6 Å². The van der Waals surface area contributed by atoms with Gasteiger partial charge in [-0.25, -0.2) is 0 Å². The van der Waals surface area contributed by atoms with Crippen molar-refractivity contribution >= 4 is 27.5 Å². The fraction of sp³-hybridized carbons (Fsp3) is 0.818. The lowest BCUT2D eigenvalue weighted by molar-refractivity contribution is -0.919. The van der Waals surface area contributed by atoms with Gasteiger partial charge in [-0.05, 0) is 43.1 Å².